The number of nitrogens with zero attached hydrogens (tertiary/aromatic N) is 1. The lowest BCUT2D eigenvalue weighted by molar-refractivity contribution is -0.127. The van der Waals surface area contributed by atoms with E-state index in [0.717, 1.165) is 5.56 Å². The van der Waals surface area contributed by atoms with Crippen molar-refractivity contribution in [1.29, 1.82) is 0 Å². The van der Waals surface area contributed by atoms with Crippen molar-refractivity contribution >= 4 is 23.2 Å². The van der Waals surface area contributed by atoms with Gasteiger partial charge >= 0.3 is 0 Å². The molecule has 1 fully saturated rings. The summed E-state index contributed by atoms with van der Waals surface area (Å²) in [6.45, 7) is 0.457. The lowest BCUT2D eigenvalue weighted by atomic mass is 10.2. The fourth-order valence-electron chi connectivity index (χ4n) is 1.82. The molecule has 0 spiro atoms. The van der Waals surface area contributed by atoms with E-state index in [4.69, 9.17) is 17.3 Å². The van der Waals surface area contributed by atoms with Gasteiger partial charge in [-0.25, -0.2) is 0 Å². The van der Waals surface area contributed by atoms with Gasteiger partial charge in [0.25, 0.3) is 5.91 Å². The third-order valence-corrected chi connectivity index (χ3v) is 3.05. The molecular weight excluding hydrogens is 236 g/mol. The number of rotatable bonds is 4. The first-order valence-electron chi connectivity index (χ1n) is 5.49. The monoisotopic (exact) mass is 250 g/mol. The maximum absolute atomic E-state index is 12.0. The number of thiocarbonyl (C=S) groups is 1. The summed E-state index contributed by atoms with van der Waals surface area (Å²) in [5.74, 6) is -0.0621. The molecule has 0 bridgehead atoms. The Morgan fingerprint density at radius 3 is 2.71 bits per heavy atom. The molecule has 1 saturated heterocycles. The molecule has 1 aromatic carbocycles. The topological polar surface area (TPSA) is 52.6 Å². The number of amides is 1. The molecule has 0 aromatic heterocycles. The summed E-state index contributed by atoms with van der Waals surface area (Å²) in [4.78, 5) is 13.5. The minimum atomic E-state index is -0.379. The number of nitrogens with one attached hydrogen (secondary N) is 1. The standard InChI is InChI=1S/C12H14N2O2S/c15-7-6-10-11(16)14(12(17)13-10)8-9-4-2-1-3-5-9/h1-5,10,15H,6-8H2,(H,13,17). The smallest absolute Gasteiger partial charge is 0.251 e. The second-order valence-corrected chi connectivity index (χ2v) is 4.31. The molecule has 1 amide bonds. The van der Waals surface area contributed by atoms with Crippen LogP contribution < -0.4 is 5.32 Å². The van der Waals surface area contributed by atoms with Crippen LogP contribution in [0.1, 0.15) is 12.0 Å². The second-order valence-electron chi connectivity index (χ2n) is 3.92. The molecule has 1 aliphatic rings. The Hall–Kier alpha value is -1.46. The van der Waals surface area contributed by atoms with Gasteiger partial charge in [-0.1, -0.05) is 30.3 Å². The van der Waals surface area contributed by atoms with E-state index in [1.54, 1.807) is 4.90 Å². The third-order valence-electron chi connectivity index (χ3n) is 2.71. The van der Waals surface area contributed by atoms with Gasteiger partial charge in [-0.05, 0) is 24.2 Å². The van der Waals surface area contributed by atoms with Gasteiger partial charge in [0.2, 0.25) is 0 Å². The summed E-state index contributed by atoms with van der Waals surface area (Å²) in [6, 6.07) is 9.32. The van der Waals surface area contributed by atoms with Crippen molar-refractivity contribution in [2.75, 3.05) is 6.61 Å². The molecule has 2 rings (SSSR count). The maximum atomic E-state index is 12.0. The molecular formula is C12H14N2O2S. The summed E-state index contributed by atoms with van der Waals surface area (Å²) in [5, 5.41) is 12.2. The zero-order valence-electron chi connectivity index (χ0n) is 9.30. The summed E-state index contributed by atoms with van der Waals surface area (Å²) < 4.78 is 0. The first-order chi connectivity index (χ1) is 8.22. The fraction of sp³-hybridized carbons (Fsp3) is 0.333. The average Bonchev–Trinajstić information content (AvgIpc) is 2.59. The van der Waals surface area contributed by atoms with Gasteiger partial charge in [0.15, 0.2) is 5.11 Å². The third kappa shape index (κ3) is 2.62. The van der Waals surface area contributed by atoms with Crippen molar-refractivity contribution in [2.45, 2.75) is 19.0 Å². The highest BCUT2D eigenvalue weighted by Gasteiger charge is 2.34. The van der Waals surface area contributed by atoms with E-state index >= 15 is 0 Å². The van der Waals surface area contributed by atoms with Crippen LogP contribution in [0.5, 0.6) is 0 Å². The van der Waals surface area contributed by atoms with E-state index in [9.17, 15) is 4.79 Å². The normalized spacial score (nSPS) is 19.6. The molecule has 90 valence electrons. The molecule has 1 heterocycles. The van der Waals surface area contributed by atoms with E-state index < -0.39 is 0 Å². The van der Waals surface area contributed by atoms with Gasteiger partial charge in [-0.3, -0.25) is 9.69 Å². The molecule has 0 radical (unpaired) electrons. The maximum Gasteiger partial charge on any atom is 0.251 e. The van der Waals surface area contributed by atoms with Crippen LogP contribution in [-0.2, 0) is 11.3 Å². The van der Waals surface area contributed by atoms with Crippen LogP contribution in [0.4, 0.5) is 0 Å². The van der Waals surface area contributed by atoms with Gasteiger partial charge in [0.1, 0.15) is 6.04 Å². The summed E-state index contributed by atoms with van der Waals surface area (Å²) in [6.07, 6.45) is 0.393. The van der Waals surface area contributed by atoms with Crippen molar-refractivity contribution in [3.63, 3.8) is 0 Å². The first kappa shape index (κ1) is 12.0. The van der Waals surface area contributed by atoms with Crippen LogP contribution in [0.3, 0.4) is 0 Å². The van der Waals surface area contributed by atoms with Crippen molar-refractivity contribution in [1.82, 2.24) is 10.2 Å². The molecule has 4 nitrogen and oxygen atoms in total. The SMILES string of the molecule is O=C1C(CCO)NC(=S)N1Cc1ccccc1. The largest absolute Gasteiger partial charge is 0.396 e. The number of carbonyl (C=O) groups is 1. The molecule has 1 unspecified atom stereocenters. The Morgan fingerprint density at radius 2 is 2.06 bits per heavy atom. The van der Waals surface area contributed by atoms with Gasteiger partial charge in [-0.2, -0.15) is 0 Å². The number of aliphatic hydroxyl groups is 1. The Morgan fingerprint density at radius 1 is 1.35 bits per heavy atom. The minimum Gasteiger partial charge on any atom is -0.396 e. The molecule has 1 atom stereocenters. The highest BCUT2D eigenvalue weighted by Crippen LogP contribution is 2.13. The van der Waals surface area contributed by atoms with Crippen LogP contribution in [0.15, 0.2) is 30.3 Å². The number of benzene rings is 1. The zero-order chi connectivity index (χ0) is 12.3. The number of hydrogen-bond donors (Lipinski definition) is 2. The molecule has 2 N–H and O–H groups in total. The second kappa shape index (κ2) is 5.25. The van der Waals surface area contributed by atoms with Crippen molar-refractivity contribution in [3.05, 3.63) is 35.9 Å². The molecule has 1 aromatic rings. The van der Waals surface area contributed by atoms with Crippen LogP contribution in [0.2, 0.25) is 0 Å². The number of aliphatic hydroxyl groups excluding tert-OH is 1. The van der Waals surface area contributed by atoms with Gasteiger partial charge in [0, 0.05) is 6.61 Å². The number of carbonyl (C=O) groups excluding carboxylic acids is 1. The van der Waals surface area contributed by atoms with Crippen molar-refractivity contribution in [3.8, 4) is 0 Å². The summed E-state index contributed by atoms with van der Waals surface area (Å²) in [5.41, 5.74) is 1.04. The lowest BCUT2D eigenvalue weighted by Crippen LogP contribution is -2.31. The van der Waals surface area contributed by atoms with Crippen LogP contribution in [0, 0.1) is 0 Å². The predicted molar refractivity (Wildman–Crippen MR) is 68.2 cm³/mol. The Balaban J connectivity index is 2.07. The Kier molecular flexibility index (Phi) is 3.71. The van der Waals surface area contributed by atoms with Crippen molar-refractivity contribution in [2.24, 2.45) is 0 Å². The minimum absolute atomic E-state index is 0.0226. The fourth-order valence-corrected chi connectivity index (χ4v) is 2.11. The highest BCUT2D eigenvalue weighted by molar-refractivity contribution is 7.80. The summed E-state index contributed by atoms with van der Waals surface area (Å²) in [7, 11) is 0. The molecule has 0 saturated carbocycles. The molecule has 1 aliphatic heterocycles. The predicted octanol–water partition coefficient (Wildman–Crippen LogP) is 0.654. The van der Waals surface area contributed by atoms with Crippen LogP contribution >= 0.6 is 12.2 Å². The zero-order valence-corrected chi connectivity index (χ0v) is 10.1. The van der Waals surface area contributed by atoms with E-state index in [-0.39, 0.29) is 18.6 Å². The van der Waals surface area contributed by atoms with Crippen LogP contribution in [-0.4, -0.2) is 33.7 Å². The van der Waals surface area contributed by atoms with Gasteiger partial charge < -0.3 is 10.4 Å². The lowest BCUT2D eigenvalue weighted by Gasteiger charge is -2.14. The quantitative estimate of drug-likeness (QED) is 0.771. The average molecular weight is 250 g/mol. The molecule has 5 heteroatoms. The Bertz CT molecular complexity index is 422. The first-order valence-corrected chi connectivity index (χ1v) is 5.90. The Labute approximate surface area is 105 Å². The molecule has 0 aliphatic carbocycles. The van der Waals surface area contributed by atoms with E-state index in [2.05, 4.69) is 5.32 Å². The van der Waals surface area contributed by atoms with Gasteiger partial charge in [-0.15, -0.1) is 0 Å². The highest BCUT2D eigenvalue weighted by atomic mass is 32.1. The van der Waals surface area contributed by atoms with Gasteiger partial charge in [0.05, 0.1) is 6.54 Å². The van der Waals surface area contributed by atoms with E-state index in [0.29, 0.717) is 18.1 Å². The number of hydrogen-bond acceptors (Lipinski definition) is 3. The van der Waals surface area contributed by atoms with Crippen molar-refractivity contribution < 1.29 is 9.90 Å². The van der Waals surface area contributed by atoms with E-state index in [1.807, 2.05) is 30.3 Å². The van der Waals surface area contributed by atoms with E-state index in [1.165, 1.54) is 0 Å². The van der Waals surface area contributed by atoms with Crippen LogP contribution in [0.25, 0.3) is 0 Å². The molecule has 17 heavy (non-hydrogen) atoms. The summed E-state index contributed by atoms with van der Waals surface area (Å²) >= 11 is 5.12.